The monoisotopic (exact) mass is 249 g/mol. The smallest absolute Gasteiger partial charge is 0.126 e. The fraction of sp³-hybridized carbons (Fsp3) is 0.231. The van der Waals surface area contributed by atoms with Crippen LogP contribution in [0.25, 0.3) is 0 Å². The average molecular weight is 249 g/mol. The van der Waals surface area contributed by atoms with Crippen molar-refractivity contribution in [3.63, 3.8) is 0 Å². The lowest BCUT2D eigenvalue weighted by molar-refractivity contribution is 0.561. The van der Waals surface area contributed by atoms with E-state index in [2.05, 4.69) is 15.3 Å². The number of benzene rings is 1. The predicted molar refractivity (Wildman–Crippen MR) is 63.9 cm³/mol. The highest BCUT2D eigenvalue weighted by atomic mass is 19.1. The lowest BCUT2D eigenvalue weighted by atomic mass is 10.0. The fourth-order valence-electron chi connectivity index (χ4n) is 1.81. The van der Waals surface area contributed by atoms with Crippen LogP contribution in [-0.2, 0) is 0 Å². The number of nitrogens with zero attached hydrogens (tertiary/aromatic N) is 2. The minimum Gasteiger partial charge on any atom is -0.305 e. The Morgan fingerprint density at radius 3 is 2.50 bits per heavy atom. The van der Waals surface area contributed by atoms with Crippen LogP contribution in [0.2, 0.25) is 0 Å². The molecule has 0 fully saturated rings. The van der Waals surface area contributed by atoms with Gasteiger partial charge in [-0.25, -0.2) is 18.7 Å². The first-order valence-electron chi connectivity index (χ1n) is 5.66. The van der Waals surface area contributed by atoms with E-state index in [1.54, 1.807) is 12.3 Å². The highest BCUT2D eigenvalue weighted by Gasteiger charge is 2.15. The first-order valence-corrected chi connectivity index (χ1v) is 5.66. The van der Waals surface area contributed by atoms with E-state index in [4.69, 9.17) is 0 Å². The Morgan fingerprint density at radius 2 is 1.94 bits per heavy atom. The predicted octanol–water partition coefficient (Wildman–Crippen LogP) is 2.45. The molecule has 0 aliphatic heterocycles. The number of hydrogen-bond acceptors (Lipinski definition) is 3. The van der Waals surface area contributed by atoms with Gasteiger partial charge in [-0.15, -0.1) is 0 Å². The summed E-state index contributed by atoms with van der Waals surface area (Å²) in [6.45, 7) is 2.58. The second-order valence-electron chi connectivity index (χ2n) is 3.83. The Morgan fingerprint density at radius 1 is 1.22 bits per heavy atom. The summed E-state index contributed by atoms with van der Waals surface area (Å²) in [4.78, 5) is 7.94. The molecule has 1 aromatic carbocycles. The molecule has 0 spiro atoms. The van der Waals surface area contributed by atoms with Crippen molar-refractivity contribution in [3.05, 3.63) is 59.7 Å². The second kappa shape index (κ2) is 5.64. The summed E-state index contributed by atoms with van der Waals surface area (Å²) in [5.41, 5.74) is 1.19. The quantitative estimate of drug-likeness (QED) is 0.904. The molecule has 0 bridgehead atoms. The summed E-state index contributed by atoms with van der Waals surface area (Å²) in [5, 5.41) is 3.15. The van der Waals surface area contributed by atoms with E-state index in [9.17, 15) is 8.78 Å². The lowest BCUT2D eigenvalue weighted by Gasteiger charge is -2.17. The molecule has 1 atom stereocenters. The van der Waals surface area contributed by atoms with Gasteiger partial charge in [-0.05, 0) is 30.3 Å². The first kappa shape index (κ1) is 12.6. The molecule has 1 aromatic heterocycles. The van der Waals surface area contributed by atoms with Gasteiger partial charge in [0.1, 0.15) is 18.0 Å². The van der Waals surface area contributed by atoms with Gasteiger partial charge in [-0.1, -0.05) is 6.92 Å². The molecule has 0 saturated heterocycles. The van der Waals surface area contributed by atoms with Gasteiger partial charge in [0.15, 0.2) is 0 Å². The number of halogens is 2. The van der Waals surface area contributed by atoms with Crippen LogP contribution in [-0.4, -0.2) is 16.5 Å². The topological polar surface area (TPSA) is 37.8 Å². The molecule has 18 heavy (non-hydrogen) atoms. The third kappa shape index (κ3) is 2.87. The van der Waals surface area contributed by atoms with Crippen molar-refractivity contribution < 1.29 is 8.78 Å². The van der Waals surface area contributed by atoms with Crippen LogP contribution < -0.4 is 5.32 Å². The van der Waals surface area contributed by atoms with Gasteiger partial charge >= 0.3 is 0 Å². The summed E-state index contributed by atoms with van der Waals surface area (Å²) < 4.78 is 26.5. The zero-order valence-corrected chi connectivity index (χ0v) is 9.90. The Kier molecular flexibility index (Phi) is 3.94. The maximum atomic E-state index is 13.2. The average Bonchev–Trinajstić information content (AvgIpc) is 2.36. The highest BCUT2D eigenvalue weighted by molar-refractivity contribution is 5.28. The normalized spacial score (nSPS) is 12.4. The van der Waals surface area contributed by atoms with Gasteiger partial charge in [0, 0.05) is 12.3 Å². The van der Waals surface area contributed by atoms with E-state index >= 15 is 0 Å². The molecule has 3 nitrogen and oxygen atoms in total. The zero-order chi connectivity index (χ0) is 13.0. The standard InChI is InChI=1S/C13H13F2N3/c1-2-17-13(12-3-4-16-8-18-12)9-5-10(14)7-11(15)6-9/h3-8,13,17H,2H2,1H3. The number of nitrogens with one attached hydrogen (secondary N) is 1. The summed E-state index contributed by atoms with van der Waals surface area (Å²) >= 11 is 0. The van der Waals surface area contributed by atoms with Crippen LogP contribution >= 0.6 is 0 Å². The minimum absolute atomic E-state index is 0.344. The van der Waals surface area contributed by atoms with Gasteiger partial charge in [0.05, 0.1) is 11.7 Å². The molecule has 5 heteroatoms. The molecule has 1 N–H and O–H groups in total. The molecule has 2 rings (SSSR count). The summed E-state index contributed by atoms with van der Waals surface area (Å²) in [5.74, 6) is -1.19. The molecule has 0 radical (unpaired) electrons. The third-order valence-corrected chi connectivity index (χ3v) is 2.53. The maximum Gasteiger partial charge on any atom is 0.126 e. The van der Waals surface area contributed by atoms with Crippen molar-refractivity contribution in [2.75, 3.05) is 6.54 Å². The van der Waals surface area contributed by atoms with Crippen molar-refractivity contribution in [1.82, 2.24) is 15.3 Å². The summed E-state index contributed by atoms with van der Waals surface area (Å²) in [6.07, 6.45) is 3.01. The third-order valence-electron chi connectivity index (χ3n) is 2.53. The minimum atomic E-state index is -0.595. The molecule has 0 aliphatic rings. The van der Waals surface area contributed by atoms with E-state index in [0.29, 0.717) is 17.8 Å². The number of rotatable bonds is 4. The number of hydrogen-bond donors (Lipinski definition) is 1. The highest BCUT2D eigenvalue weighted by Crippen LogP contribution is 2.21. The second-order valence-corrected chi connectivity index (χ2v) is 3.83. The molecular formula is C13H13F2N3. The van der Waals surface area contributed by atoms with Gasteiger partial charge < -0.3 is 5.32 Å². The van der Waals surface area contributed by atoms with E-state index in [-0.39, 0.29) is 6.04 Å². The van der Waals surface area contributed by atoms with E-state index in [1.807, 2.05) is 6.92 Å². The fourth-order valence-corrected chi connectivity index (χ4v) is 1.81. The van der Waals surface area contributed by atoms with Crippen LogP contribution in [0.15, 0.2) is 36.8 Å². The van der Waals surface area contributed by atoms with Crippen molar-refractivity contribution in [2.24, 2.45) is 0 Å². The van der Waals surface area contributed by atoms with Crippen LogP contribution in [0.3, 0.4) is 0 Å². The van der Waals surface area contributed by atoms with Crippen molar-refractivity contribution in [3.8, 4) is 0 Å². The molecule has 2 aromatic rings. The molecular weight excluding hydrogens is 236 g/mol. The van der Waals surface area contributed by atoms with Gasteiger partial charge in [-0.2, -0.15) is 0 Å². The Labute approximate surface area is 104 Å². The Bertz CT molecular complexity index is 497. The molecule has 0 aliphatic carbocycles. The van der Waals surface area contributed by atoms with Crippen LogP contribution in [0, 0.1) is 11.6 Å². The van der Waals surface area contributed by atoms with Gasteiger partial charge in [0.25, 0.3) is 0 Å². The lowest BCUT2D eigenvalue weighted by Crippen LogP contribution is -2.23. The van der Waals surface area contributed by atoms with Gasteiger partial charge in [0.2, 0.25) is 0 Å². The molecule has 0 amide bonds. The maximum absolute atomic E-state index is 13.2. The van der Waals surface area contributed by atoms with Crippen LogP contribution in [0.4, 0.5) is 8.78 Å². The molecule has 0 saturated carbocycles. The van der Waals surface area contributed by atoms with Crippen LogP contribution in [0.1, 0.15) is 24.2 Å². The van der Waals surface area contributed by atoms with Crippen LogP contribution in [0.5, 0.6) is 0 Å². The molecule has 1 heterocycles. The number of aromatic nitrogens is 2. The molecule has 1 unspecified atom stereocenters. The van der Waals surface area contributed by atoms with Crippen molar-refractivity contribution >= 4 is 0 Å². The SMILES string of the molecule is CCNC(c1cc(F)cc(F)c1)c1ccncn1. The Balaban J connectivity index is 2.41. The summed E-state index contributed by atoms with van der Waals surface area (Å²) in [6, 6.07) is 4.84. The zero-order valence-electron chi connectivity index (χ0n) is 9.90. The Hall–Kier alpha value is -1.88. The molecule has 94 valence electrons. The largest absolute Gasteiger partial charge is 0.305 e. The van der Waals surface area contributed by atoms with E-state index in [0.717, 1.165) is 6.07 Å². The van der Waals surface area contributed by atoms with Gasteiger partial charge in [-0.3, -0.25) is 0 Å². The van der Waals surface area contributed by atoms with Crippen molar-refractivity contribution in [1.29, 1.82) is 0 Å². The summed E-state index contributed by atoms with van der Waals surface area (Å²) in [7, 11) is 0. The van der Waals surface area contributed by atoms with E-state index < -0.39 is 11.6 Å². The first-order chi connectivity index (χ1) is 8.70. The van der Waals surface area contributed by atoms with Crippen molar-refractivity contribution in [2.45, 2.75) is 13.0 Å². The van der Waals surface area contributed by atoms with E-state index in [1.165, 1.54) is 18.5 Å².